The van der Waals surface area contributed by atoms with E-state index < -0.39 is 48.1 Å². The smallest absolute Gasteiger partial charge is 0.394 e. The summed E-state index contributed by atoms with van der Waals surface area (Å²) in [6.07, 6.45) is -2.15. The third-order valence-corrected chi connectivity index (χ3v) is 2.84. The van der Waals surface area contributed by atoms with E-state index in [2.05, 4.69) is 5.32 Å². The SMILES string of the molecule is [2H]C([2H])=C([2H])C([2H])([2H])C1(C(C)CCC)C(=O)[N-]C(=O)NC1=O.[Na+]. The van der Waals surface area contributed by atoms with Gasteiger partial charge in [0.25, 0.3) is 0 Å². The monoisotopic (exact) mass is 265 g/mol. The van der Waals surface area contributed by atoms with Gasteiger partial charge in [0.2, 0.25) is 0 Å². The maximum Gasteiger partial charge on any atom is 1.00 e. The van der Waals surface area contributed by atoms with E-state index in [0.717, 1.165) is 0 Å². The molecule has 0 saturated carbocycles. The average molecular weight is 265 g/mol. The molecule has 2 unspecified atom stereocenters. The Hall–Kier alpha value is -0.650. The molecule has 5 nitrogen and oxygen atoms in total. The Labute approximate surface area is 136 Å². The second kappa shape index (κ2) is 7.07. The van der Waals surface area contributed by atoms with Crippen LogP contribution >= 0.6 is 0 Å². The number of hydrogen-bond acceptors (Lipinski definition) is 3. The van der Waals surface area contributed by atoms with Crippen molar-refractivity contribution in [1.29, 1.82) is 0 Å². The number of barbiturate groups is 1. The van der Waals surface area contributed by atoms with Gasteiger partial charge in [-0.05, 0) is 18.7 Å². The number of carbonyl (C=O) groups excluding carboxylic acids is 3. The third-order valence-electron chi connectivity index (χ3n) is 2.84. The summed E-state index contributed by atoms with van der Waals surface area (Å²) < 4.78 is 38.0. The van der Waals surface area contributed by atoms with Crippen molar-refractivity contribution in [2.45, 2.75) is 33.1 Å². The first kappa shape index (κ1) is 10.2. The molecule has 1 N–H and O–H groups in total. The minimum absolute atomic E-state index is 0. The first-order valence-electron chi connectivity index (χ1n) is 7.79. The summed E-state index contributed by atoms with van der Waals surface area (Å²) in [5.41, 5.74) is -2.44. The van der Waals surface area contributed by atoms with Gasteiger partial charge in [-0.15, -0.1) is 6.53 Å². The normalized spacial score (nSPS) is 29.2. The fourth-order valence-corrected chi connectivity index (χ4v) is 1.92. The summed E-state index contributed by atoms with van der Waals surface area (Å²) in [5.74, 6) is -3.34. The van der Waals surface area contributed by atoms with Crippen molar-refractivity contribution in [1.82, 2.24) is 5.32 Å². The zero-order valence-corrected chi connectivity index (χ0v) is 12.7. The molecule has 2 atom stereocenters. The van der Waals surface area contributed by atoms with Gasteiger partial charge in [-0.25, -0.2) is 0 Å². The standard InChI is InChI=1S/C12H18N2O3.Na/c1-4-6-8(3)12(7-5-2)9(15)13-11(17)14-10(12)16;/h5,8H,2,4,6-7H2,1,3H3,(H2,13,14,15,16,17);/q;+1/p-1/i2D2,5D,7D2;. The molecule has 1 aliphatic rings. The van der Waals surface area contributed by atoms with Crippen molar-refractivity contribution in [2.24, 2.45) is 11.3 Å². The molecule has 6 heteroatoms. The molecule has 0 aromatic rings. The molecule has 0 aromatic heterocycles. The summed E-state index contributed by atoms with van der Waals surface area (Å²) in [4.78, 5) is 35.9. The molecule has 1 heterocycles. The van der Waals surface area contributed by atoms with Gasteiger partial charge in [-0.3, -0.25) is 14.4 Å². The molecule has 4 amide bonds. The molecule has 0 aliphatic carbocycles. The number of nitrogens with zero attached hydrogens (tertiary/aromatic N) is 1. The molecule has 0 bridgehead atoms. The molecule has 0 aromatic carbocycles. The predicted octanol–water partition coefficient (Wildman–Crippen LogP) is -0.861. The van der Waals surface area contributed by atoms with Gasteiger partial charge in [0, 0.05) is 2.74 Å². The second-order valence-corrected chi connectivity index (χ2v) is 3.92. The number of allylic oxidation sites excluding steroid dienone is 1. The summed E-state index contributed by atoms with van der Waals surface area (Å²) in [5, 5.41) is 4.93. The van der Waals surface area contributed by atoms with Gasteiger partial charge >= 0.3 is 29.6 Å². The molecule has 0 radical (unpaired) electrons. The van der Waals surface area contributed by atoms with Crippen LogP contribution in [0.1, 0.15) is 39.9 Å². The number of hydrogen-bond donors (Lipinski definition) is 1. The molecule has 94 valence electrons. The van der Waals surface area contributed by atoms with Crippen molar-refractivity contribution in [2.75, 3.05) is 0 Å². The van der Waals surface area contributed by atoms with E-state index in [4.69, 9.17) is 6.85 Å². The van der Waals surface area contributed by atoms with E-state index in [9.17, 15) is 14.4 Å². The Bertz CT molecular complexity index is 529. The van der Waals surface area contributed by atoms with Crippen LogP contribution in [0.5, 0.6) is 0 Å². The number of rotatable bonds is 5. The fourth-order valence-electron chi connectivity index (χ4n) is 1.92. The molecule has 0 spiro atoms. The first-order chi connectivity index (χ1) is 10.0. The average Bonchev–Trinajstić information content (AvgIpc) is 2.36. The van der Waals surface area contributed by atoms with Crippen LogP contribution in [-0.2, 0) is 9.59 Å². The third kappa shape index (κ3) is 3.02. The van der Waals surface area contributed by atoms with Crippen molar-refractivity contribution < 1.29 is 50.8 Å². The van der Waals surface area contributed by atoms with Gasteiger partial charge in [-0.1, -0.05) is 26.3 Å². The Morgan fingerprint density at radius 2 is 2.33 bits per heavy atom. The summed E-state index contributed by atoms with van der Waals surface area (Å²) in [6, 6.07) is -2.29. The van der Waals surface area contributed by atoms with E-state index in [-0.39, 0.29) is 36.0 Å². The Morgan fingerprint density at radius 3 is 2.83 bits per heavy atom. The molecule has 1 rings (SSSR count). The zero-order chi connectivity index (χ0) is 17.3. The Kier molecular flexibility index (Phi) is 3.99. The van der Waals surface area contributed by atoms with Crippen molar-refractivity contribution in [3.8, 4) is 0 Å². The largest absolute Gasteiger partial charge is 1.00 e. The molecule has 1 saturated heterocycles. The molecule has 18 heavy (non-hydrogen) atoms. The van der Waals surface area contributed by atoms with Gasteiger partial charge in [0.1, 0.15) is 0 Å². The zero-order valence-electron chi connectivity index (χ0n) is 15.7. The Morgan fingerprint density at radius 1 is 1.67 bits per heavy atom. The van der Waals surface area contributed by atoms with Crippen LogP contribution in [-0.4, -0.2) is 17.8 Å². The topological polar surface area (TPSA) is 77.3 Å². The van der Waals surface area contributed by atoms with Crippen LogP contribution < -0.4 is 34.9 Å². The first-order valence-corrected chi connectivity index (χ1v) is 5.29. The minimum Gasteiger partial charge on any atom is -0.394 e. The number of urea groups is 1. The quantitative estimate of drug-likeness (QED) is 0.399. The van der Waals surface area contributed by atoms with Gasteiger partial charge in [0.15, 0.2) is 17.8 Å². The second-order valence-electron chi connectivity index (χ2n) is 3.92. The number of carbonyl (C=O) groups is 3. The number of imide groups is 2. The van der Waals surface area contributed by atoms with Gasteiger partial charge < -0.3 is 10.6 Å². The minimum atomic E-state index is -2.94. The predicted molar refractivity (Wildman–Crippen MR) is 63.2 cm³/mol. The van der Waals surface area contributed by atoms with Crippen molar-refractivity contribution >= 4 is 17.8 Å². The van der Waals surface area contributed by atoms with Crippen LogP contribution in [0, 0.1) is 11.3 Å². The maximum absolute atomic E-state index is 12.3. The van der Waals surface area contributed by atoms with E-state index in [0.29, 0.717) is 6.42 Å². The van der Waals surface area contributed by atoms with Crippen LogP contribution in [0.2, 0.25) is 0 Å². The Balaban J connectivity index is 0.00000484. The molecular formula is C12H17N2NaO3. The van der Waals surface area contributed by atoms with Crippen LogP contribution in [0.4, 0.5) is 4.79 Å². The van der Waals surface area contributed by atoms with Gasteiger partial charge in [0.05, 0.1) is 9.53 Å². The number of amides is 4. The maximum atomic E-state index is 12.3. The van der Waals surface area contributed by atoms with Crippen LogP contribution in [0.25, 0.3) is 5.32 Å². The van der Waals surface area contributed by atoms with Crippen LogP contribution in [0.3, 0.4) is 0 Å². The molecule has 1 fully saturated rings. The van der Waals surface area contributed by atoms with E-state index in [1.54, 1.807) is 12.2 Å². The van der Waals surface area contributed by atoms with E-state index in [1.165, 1.54) is 6.92 Å². The van der Waals surface area contributed by atoms with Crippen molar-refractivity contribution in [3.63, 3.8) is 0 Å². The van der Waals surface area contributed by atoms with Crippen molar-refractivity contribution in [3.05, 3.63) is 17.9 Å². The summed E-state index contributed by atoms with van der Waals surface area (Å²) in [7, 11) is 0. The number of nitrogens with one attached hydrogen (secondary N) is 1. The van der Waals surface area contributed by atoms with Crippen LogP contribution in [0.15, 0.2) is 12.6 Å². The van der Waals surface area contributed by atoms with E-state index in [1.807, 2.05) is 0 Å². The molecular weight excluding hydrogens is 243 g/mol. The summed E-state index contributed by atoms with van der Waals surface area (Å²) >= 11 is 0. The van der Waals surface area contributed by atoms with E-state index >= 15 is 0 Å². The molecule has 1 aliphatic heterocycles. The summed E-state index contributed by atoms with van der Waals surface area (Å²) in [6.45, 7) is 2.07. The van der Waals surface area contributed by atoms with Gasteiger partial charge in [-0.2, -0.15) is 0 Å². The fraction of sp³-hybridized carbons (Fsp3) is 0.583.